The average Bonchev–Trinajstić information content (AvgIpc) is 2.74. The summed E-state index contributed by atoms with van der Waals surface area (Å²) in [6.07, 6.45) is 1.48. The van der Waals surface area contributed by atoms with Crippen molar-refractivity contribution in [3.05, 3.63) is 30.1 Å². The average molecular weight is 263 g/mol. The largest absolute Gasteiger partial charge is 0.497 e. The van der Waals surface area contributed by atoms with Crippen LogP contribution in [0.1, 0.15) is 5.56 Å². The zero-order valence-corrected chi connectivity index (χ0v) is 10.9. The van der Waals surface area contributed by atoms with E-state index in [4.69, 9.17) is 15.9 Å². The number of aromatic nitrogens is 3. The first kappa shape index (κ1) is 12.4. The van der Waals surface area contributed by atoms with Crippen LogP contribution in [0, 0.1) is 5.41 Å². The molecule has 2 rings (SSSR count). The SMILES string of the molecule is COc1ccc(C(=N)N)c(Sc2ncnn2C)c1. The van der Waals surface area contributed by atoms with Crippen molar-refractivity contribution in [2.75, 3.05) is 7.11 Å². The summed E-state index contributed by atoms with van der Waals surface area (Å²) in [7, 11) is 3.41. The molecule has 0 radical (unpaired) electrons. The second-order valence-corrected chi connectivity index (χ2v) is 4.55. The highest BCUT2D eigenvalue weighted by Crippen LogP contribution is 2.31. The number of nitrogen functional groups attached to an aromatic ring is 1. The van der Waals surface area contributed by atoms with Gasteiger partial charge in [-0.15, -0.1) is 0 Å². The van der Waals surface area contributed by atoms with Crippen molar-refractivity contribution in [1.29, 1.82) is 5.41 Å². The second-order valence-electron chi connectivity index (χ2n) is 3.54. The van der Waals surface area contributed by atoms with Crippen molar-refractivity contribution in [2.24, 2.45) is 12.8 Å². The molecule has 1 heterocycles. The maximum absolute atomic E-state index is 7.57. The van der Waals surface area contributed by atoms with E-state index in [0.717, 1.165) is 10.1 Å². The van der Waals surface area contributed by atoms with Crippen molar-refractivity contribution in [3.8, 4) is 5.75 Å². The van der Waals surface area contributed by atoms with Gasteiger partial charge in [0.2, 0.25) is 0 Å². The topological polar surface area (TPSA) is 89.8 Å². The van der Waals surface area contributed by atoms with Gasteiger partial charge >= 0.3 is 0 Å². The minimum atomic E-state index is 0.0160. The lowest BCUT2D eigenvalue weighted by molar-refractivity contribution is 0.413. The molecule has 3 N–H and O–H groups in total. The predicted molar refractivity (Wildman–Crippen MR) is 69.1 cm³/mol. The van der Waals surface area contributed by atoms with E-state index in [1.807, 2.05) is 13.1 Å². The molecule has 2 aromatic rings. The van der Waals surface area contributed by atoms with Crippen LogP contribution in [0.2, 0.25) is 0 Å². The normalized spacial score (nSPS) is 10.3. The maximum Gasteiger partial charge on any atom is 0.190 e. The number of methoxy groups -OCH3 is 1. The van der Waals surface area contributed by atoms with Crippen molar-refractivity contribution >= 4 is 17.6 Å². The van der Waals surface area contributed by atoms with Crippen LogP contribution in [0.5, 0.6) is 5.75 Å². The molecule has 0 aliphatic rings. The molecular formula is C11H13N5OS. The fourth-order valence-corrected chi connectivity index (χ4v) is 2.35. The van der Waals surface area contributed by atoms with E-state index in [-0.39, 0.29) is 5.84 Å². The van der Waals surface area contributed by atoms with Crippen molar-refractivity contribution in [1.82, 2.24) is 14.8 Å². The Balaban J connectivity index is 2.41. The van der Waals surface area contributed by atoms with Crippen LogP contribution < -0.4 is 10.5 Å². The summed E-state index contributed by atoms with van der Waals surface area (Å²) in [5.74, 6) is 0.729. The third-order valence-electron chi connectivity index (χ3n) is 2.35. The van der Waals surface area contributed by atoms with Gasteiger partial charge in [0.05, 0.1) is 7.11 Å². The monoisotopic (exact) mass is 263 g/mol. The van der Waals surface area contributed by atoms with Gasteiger partial charge in [0.1, 0.15) is 17.9 Å². The van der Waals surface area contributed by atoms with E-state index in [1.165, 1.54) is 18.1 Å². The summed E-state index contributed by atoms with van der Waals surface area (Å²) >= 11 is 1.39. The van der Waals surface area contributed by atoms with E-state index in [2.05, 4.69) is 10.1 Å². The Kier molecular flexibility index (Phi) is 3.52. The van der Waals surface area contributed by atoms with Crippen LogP contribution in [0.4, 0.5) is 0 Å². The molecule has 0 unspecified atom stereocenters. The fraction of sp³-hybridized carbons (Fsp3) is 0.182. The van der Waals surface area contributed by atoms with Gasteiger partial charge in [0.25, 0.3) is 0 Å². The number of benzene rings is 1. The molecule has 18 heavy (non-hydrogen) atoms. The summed E-state index contributed by atoms with van der Waals surface area (Å²) in [5, 5.41) is 12.3. The van der Waals surface area contributed by atoms with E-state index in [0.29, 0.717) is 11.3 Å². The summed E-state index contributed by atoms with van der Waals surface area (Å²) in [5.41, 5.74) is 6.22. The summed E-state index contributed by atoms with van der Waals surface area (Å²) in [6.45, 7) is 0. The molecule has 0 atom stereocenters. The lowest BCUT2D eigenvalue weighted by Gasteiger charge is -2.09. The first-order chi connectivity index (χ1) is 8.61. The quantitative estimate of drug-likeness (QED) is 0.640. The Labute approximate surface area is 109 Å². The molecule has 7 heteroatoms. The molecule has 0 saturated heterocycles. The van der Waals surface area contributed by atoms with Gasteiger partial charge in [-0.3, -0.25) is 5.41 Å². The Bertz CT molecular complexity index is 581. The number of hydrogen-bond donors (Lipinski definition) is 2. The zero-order chi connectivity index (χ0) is 13.1. The molecule has 0 aliphatic carbocycles. The first-order valence-electron chi connectivity index (χ1n) is 5.16. The molecule has 1 aromatic carbocycles. The summed E-state index contributed by atoms with van der Waals surface area (Å²) < 4.78 is 6.83. The van der Waals surface area contributed by atoms with Crippen LogP contribution in [0.25, 0.3) is 0 Å². The smallest absolute Gasteiger partial charge is 0.190 e. The number of aryl methyl sites for hydroxylation is 1. The van der Waals surface area contributed by atoms with E-state index >= 15 is 0 Å². The highest BCUT2D eigenvalue weighted by Gasteiger charge is 2.11. The molecular weight excluding hydrogens is 250 g/mol. The van der Waals surface area contributed by atoms with E-state index in [9.17, 15) is 0 Å². The molecule has 0 aliphatic heterocycles. The Morgan fingerprint density at radius 3 is 2.83 bits per heavy atom. The third kappa shape index (κ3) is 2.45. The predicted octanol–water partition coefficient (Wildman–Crippen LogP) is 1.26. The maximum atomic E-state index is 7.57. The van der Waals surface area contributed by atoms with Crippen molar-refractivity contribution < 1.29 is 4.74 Å². The second kappa shape index (κ2) is 5.09. The lowest BCUT2D eigenvalue weighted by Crippen LogP contribution is -2.12. The van der Waals surface area contributed by atoms with Crippen LogP contribution in [-0.4, -0.2) is 27.7 Å². The molecule has 0 saturated carbocycles. The van der Waals surface area contributed by atoms with Gasteiger partial charge in [-0.1, -0.05) is 0 Å². The highest BCUT2D eigenvalue weighted by atomic mass is 32.2. The number of rotatable bonds is 4. The molecule has 0 bridgehead atoms. The number of nitrogens with one attached hydrogen (secondary N) is 1. The van der Waals surface area contributed by atoms with Gasteiger partial charge in [-0.05, 0) is 30.0 Å². The Hall–Kier alpha value is -2.02. The standard InChI is InChI=1S/C11H13N5OS/c1-16-11(14-6-15-16)18-9-5-7(17-2)3-4-8(9)10(12)13/h3-6H,1-2H3,(H3,12,13). The van der Waals surface area contributed by atoms with Crippen LogP contribution in [-0.2, 0) is 7.05 Å². The van der Waals surface area contributed by atoms with Crippen molar-refractivity contribution in [3.63, 3.8) is 0 Å². The van der Waals surface area contributed by atoms with Crippen LogP contribution in [0.3, 0.4) is 0 Å². The Morgan fingerprint density at radius 2 is 2.28 bits per heavy atom. The molecule has 94 valence electrons. The molecule has 0 amide bonds. The van der Waals surface area contributed by atoms with Gasteiger partial charge in [-0.2, -0.15) is 5.10 Å². The molecule has 0 fully saturated rings. The molecule has 6 nitrogen and oxygen atoms in total. The highest BCUT2D eigenvalue weighted by molar-refractivity contribution is 7.99. The number of ether oxygens (including phenoxy) is 1. The van der Waals surface area contributed by atoms with Crippen LogP contribution in [0.15, 0.2) is 34.6 Å². The van der Waals surface area contributed by atoms with E-state index < -0.39 is 0 Å². The Morgan fingerprint density at radius 1 is 1.50 bits per heavy atom. The van der Waals surface area contributed by atoms with Crippen molar-refractivity contribution in [2.45, 2.75) is 10.1 Å². The number of hydrogen-bond acceptors (Lipinski definition) is 5. The number of nitrogens with two attached hydrogens (primary N) is 1. The third-order valence-corrected chi connectivity index (χ3v) is 3.46. The lowest BCUT2D eigenvalue weighted by atomic mass is 10.2. The van der Waals surface area contributed by atoms with E-state index in [1.54, 1.807) is 23.9 Å². The van der Waals surface area contributed by atoms with Gasteiger partial charge in [-0.25, -0.2) is 9.67 Å². The molecule has 1 aromatic heterocycles. The summed E-state index contributed by atoms with van der Waals surface area (Å²) in [4.78, 5) is 4.95. The van der Waals surface area contributed by atoms with Crippen LogP contribution >= 0.6 is 11.8 Å². The number of amidine groups is 1. The fourth-order valence-electron chi connectivity index (χ4n) is 1.41. The zero-order valence-electron chi connectivity index (χ0n) is 10.0. The minimum Gasteiger partial charge on any atom is -0.497 e. The van der Waals surface area contributed by atoms with Gasteiger partial charge in [0, 0.05) is 17.5 Å². The van der Waals surface area contributed by atoms with Gasteiger partial charge < -0.3 is 10.5 Å². The van der Waals surface area contributed by atoms with Gasteiger partial charge in [0.15, 0.2) is 5.16 Å². The first-order valence-corrected chi connectivity index (χ1v) is 5.97. The molecule has 0 spiro atoms. The number of nitrogens with zero attached hydrogens (tertiary/aromatic N) is 3. The minimum absolute atomic E-state index is 0.0160. The summed E-state index contributed by atoms with van der Waals surface area (Å²) in [6, 6.07) is 5.37.